The van der Waals surface area contributed by atoms with Gasteiger partial charge in [0.2, 0.25) is 0 Å². The highest BCUT2D eigenvalue weighted by molar-refractivity contribution is 6.31. The zero-order valence-corrected chi connectivity index (χ0v) is 20.2. The number of nitrogens with one attached hydrogen (secondary N) is 1. The Morgan fingerprint density at radius 3 is 2.46 bits per heavy atom. The van der Waals surface area contributed by atoms with E-state index in [-0.39, 0.29) is 12.1 Å². The summed E-state index contributed by atoms with van der Waals surface area (Å²) in [7, 11) is 0. The number of halogens is 2. The van der Waals surface area contributed by atoms with Crippen molar-refractivity contribution in [3.05, 3.63) is 93.6 Å². The minimum atomic E-state index is -0.425. The van der Waals surface area contributed by atoms with Crippen LogP contribution in [-0.4, -0.2) is 41.8 Å². The molecule has 6 nitrogen and oxygen atoms in total. The minimum Gasteiger partial charge on any atom is -0.491 e. The van der Waals surface area contributed by atoms with Gasteiger partial charge in [0.1, 0.15) is 30.3 Å². The predicted molar refractivity (Wildman–Crippen MR) is 135 cm³/mol. The third kappa shape index (κ3) is 4.57. The fraction of sp³-hybridized carbons (Fsp3) is 0.222. The van der Waals surface area contributed by atoms with E-state index in [2.05, 4.69) is 4.98 Å². The van der Waals surface area contributed by atoms with E-state index in [9.17, 15) is 4.79 Å². The second kappa shape index (κ2) is 9.11. The zero-order valence-electron chi connectivity index (χ0n) is 18.7. The molecule has 1 aromatic heterocycles. The summed E-state index contributed by atoms with van der Waals surface area (Å²) in [5, 5.41) is 2.34. The van der Waals surface area contributed by atoms with E-state index in [0.29, 0.717) is 35.4 Å². The van der Waals surface area contributed by atoms with E-state index in [1.54, 1.807) is 29.2 Å². The SMILES string of the molecule is O=C(Oc1ccc(Cl)cc1)N1CCc2c([nH]c3ccc(Cl)cc23)C1c1ccc(OC[C@@H]2CO2)cc1. The molecule has 3 heterocycles. The smallest absolute Gasteiger partial charge is 0.416 e. The summed E-state index contributed by atoms with van der Waals surface area (Å²) in [6.07, 6.45) is 0.447. The standard InChI is InChI=1S/C27H22Cl2N2O4/c28-17-3-8-20(9-4-17)35-27(32)31-12-11-22-23-13-18(29)5-10-24(23)30-25(22)26(31)16-1-6-19(7-2-16)33-14-21-15-34-21/h1-10,13,21,26,30H,11-12,14-15H2/t21-,26?/m1/s1. The monoisotopic (exact) mass is 508 g/mol. The molecular weight excluding hydrogens is 487 g/mol. The lowest BCUT2D eigenvalue weighted by molar-refractivity contribution is 0.135. The van der Waals surface area contributed by atoms with E-state index in [0.717, 1.165) is 40.1 Å². The number of hydrogen-bond acceptors (Lipinski definition) is 4. The molecule has 1 saturated heterocycles. The first kappa shape index (κ1) is 22.3. The predicted octanol–water partition coefficient (Wildman–Crippen LogP) is 6.40. The van der Waals surface area contributed by atoms with Gasteiger partial charge in [-0.05, 0) is 72.1 Å². The van der Waals surface area contributed by atoms with Crippen molar-refractivity contribution in [2.45, 2.75) is 18.6 Å². The Labute approximate surface area is 212 Å². The van der Waals surface area contributed by atoms with E-state index in [1.165, 1.54) is 0 Å². The van der Waals surface area contributed by atoms with E-state index < -0.39 is 6.09 Å². The van der Waals surface area contributed by atoms with Gasteiger partial charge in [-0.2, -0.15) is 0 Å². The number of aromatic amines is 1. The van der Waals surface area contributed by atoms with Crippen molar-refractivity contribution >= 4 is 40.2 Å². The van der Waals surface area contributed by atoms with Gasteiger partial charge in [0.15, 0.2) is 0 Å². The number of carbonyl (C=O) groups is 1. The van der Waals surface area contributed by atoms with Crippen molar-refractivity contribution in [1.29, 1.82) is 0 Å². The molecule has 1 amide bonds. The van der Waals surface area contributed by atoms with Crippen molar-refractivity contribution in [3.8, 4) is 11.5 Å². The van der Waals surface area contributed by atoms with Crippen LogP contribution in [-0.2, 0) is 11.2 Å². The summed E-state index contributed by atoms with van der Waals surface area (Å²) in [5.41, 5.74) is 4.06. The van der Waals surface area contributed by atoms with Crippen LogP contribution in [0.3, 0.4) is 0 Å². The van der Waals surface area contributed by atoms with Crippen LogP contribution >= 0.6 is 23.2 Å². The Hall–Kier alpha value is -3.19. The lowest BCUT2D eigenvalue weighted by Crippen LogP contribution is -2.42. The van der Waals surface area contributed by atoms with Gasteiger partial charge in [-0.1, -0.05) is 35.3 Å². The lowest BCUT2D eigenvalue weighted by atomic mass is 9.92. The Balaban J connectivity index is 1.35. The number of carbonyl (C=O) groups excluding carboxylic acids is 1. The van der Waals surface area contributed by atoms with Crippen LogP contribution in [0.15, 0.2) is 66.7 Å². The Bertz CT molecular complexity index is 1380. The maximum absolute atomic E-state index is 13.4. The third-order valence-corrected chi connectivity index (χ3v) is 6.86. The van der Waals surface area contributed by atoms with Gasteiger partial charge in [-0.25, -0.2) is 4.79 Å². The molecule has 2 aliphatic heterocycles. The highest BCUT2D eigenvalue weighted by Gasteiger charge is 2.36. The van der Waals surface area contributed by atoms with Crippen LogP contribution in [0.25, 0.3) is 10.9 Å². The van der Waals surface area contributed by atoms with Gasteiger partial charge in [0, 0.05) is 33.2 Å². The summed E-state index contributed by atoms with van der Waals surface area (Å²) in [4.78, 5) is 18.7. The van der Waals surface area contributed by atoms with E-state index in [4.69, 9.17) is 37.4 Å². The molecule has 4 aromatic rings. The molecule has 178 valence electrons. The fourth-order valence-corrected chi connectivity index (χ4v) is 4.86. The molecule has 0 spiro atoms. The van der Waals surface area contributed by atoms with Crippen LogP contribution in [0.5, 0.6) is 11.5 Å². The summed E-state index contributed by atoms with van der Waals surface area (Å²) in [6.45, 7) is 1.79. The number of epoxide rings is 1. The number of amides is 1. The normalized spacial score (nSPS) is 18.9. The number of nitrogens with zero attached hydrogens (tertiary/aromatic N) is 1. The van der Waals surface area contributed by atoms with Crippen molar-refractivity contribution in [3.63, 3.8) is 0 Å². The number of H-pyrrole nitrogens is 1. The molecule has 0 saturated carbocycles. The Morgan fingerprint density at radius 1 is 1.00 bits per heavy atom. The van der Waals surface area contributed by atoms with Crippen molar-refractivity contribution in [2.75, 3.05) is 19.8 Å². The zero-order chi connectivity index (χ0) is 23.9. The van der Waals surface area contributed by atoms with Gasteiger partial charge >= 0.3 is 6.09 Å². The molecule has 6 rings (SSSR count). The number of aromatic nitrogens is 1. The van der Waals surface area contributed by atoms with Crippen LogP contribution in [0.1, 0.15) is 22.9 Å². The third-order valence-electron chi connectivity index (χ3n) is 6.38. The molecule has 3 aromatic carbocycles. The molecule has 0 radical (unpaired) electrons. The fourth-order valence-electron chi connectivity index (χ4n) is 4.57. The molecule has 2 aliphatic rings. The Kier molecular flexibility index (Phi) is 5.80. The van der Waals surface area contributed by atoms with Gasteiger partial charge in [-0.3, -0.25) is 4.90 Å². The number of fused-ring (bicyclic) bond motifs is 3. The number of hydrogen-bond donors (Lipinski definition) is 1. The van der Waals surface area contributed by atoms with Crippen LogP contribution < -0.4 is 9.47 Å². The van der Waals surface area contributed by atoms with Gasteiger partial charge in [-0.15, -0.1) is 0 Å². The molecule has 35 heavy (non-hydrogen) atoms. The Morgan fingerprint density at radius 2 is 1.71 bits per heavy atom. The van der Waals surface area contributed by atoms with Gasteiger partial charge in [0.05, 0.1) is 6.61 Å². The average molecular weight is 509 g/mol. The van der Waals surface area contributed by atoms with Crippen LogP contribution in [0.4, 0.5) is 4.79 Å². The first-order chi connectivity index (χ1) is 17.0. The molecule has 8 heteroatoms. The first-order valence-electron chi connectivity index (χ1n) is 11.4. The summed E-state index contributed by atoms with van der Waals surface area (Å²) >= 11 is 12.3. The van der Waals surface area contributed by atoms with Gasteiger partial charge < -0.3 is 19.2 Å². The molecule has 0 aliphatic carbocycles. The molecule has 1 N–H and O–H groups in total. The quantitative estimate of drug-likeness (QED) is 0.316. The molecule has 2 atom stereocenters. The number of benzene rings is 3. The summed E-state index contributed by atoms with van der Waals surface area (Å²) < 4.78 is 16.7. The summed E-state index contributed by atoms with van der Waals surface area (Å²) in [6, 6.07) is 20.1. The van der Waals surface area contributed by atoms with Crippen LogP contribution in [0.2, 0.25) is 10.0 Å². The highest BCUT2D eigenvalue weighted by atomic mass is 35.5. The maximum atomic E-state index is 13.4. The maximum Gasteiger partial charge on any atom is 0.416 e. The van der Waals surface area contributed by atoms with Crippen molar-refractivity contribution < 1.29 is 19.0 Å². The van der Waals surface area contributed by atoms with E-state index in [1.807, 2.05) is 42.5 Å². The largest absolute Gasteiger partial charge is 0.491 e. The average Bonchev–Trinajstić information content (AvgIpc) is 3.63. The molecular formula is C27H22Cl2N2O4. The number of ether oxygens (including phenoxy) is 3. The topological polar surface area (TPSA) is 67.1 Å². The van der Waals surface area contributed by atoms with Crippen molar-refractivity contribution in [1.82, 2.24) is 9.88 Å². The van der Waals surface area contributed by atoms with Gasteiger partial charge in [0.25, 0.3) is 0 Å². The van der Waals surface area contributed by atoms with E-state index >= 15 is 0 Å². The van der Waals surface area contributed by atoms with Crippen LogP contribution in [0, 0.1) is 0 Å². The molecule has 1 unspecified atom stereocenters. The lowest BCUT2D eigenvalue weighted by Gasteiger charge is -2.35. The first-order valence-corrected chi connectivity index (χ1v) is 12.2. The molecule has 1 fully saturated rings. The second-order valence-corrected chi connectivity index (χ2v) is 9.58. The summed E-state index contributed by atoms with van der Waals surface area (Å²) in [5.74, 6) is 1.21. The minimum absolute atomic E-state index is 0.187. The molecule has 0 bridgehead atoms. The second-order valence-electron chi connectivity index (χ2n) is 8.71. The number of rotatable bonds is 5. The highest BCUT2D eigenvalue weighted by Crippen LogP contribution is 2.40. The van der Waals surface area contributed by atoms with Crippen molar-refractivity contribution in [2.24, 2.45) is 0 Å².